The molecule has 24 heavy (non-hydrogen) atoms. The Balaban J connectivity index is 2.48. The molecule has 122 valence electrons. The van der Waals surface area contributed by atoms with Crippen LogP contribution in [-0.2, 0) is 6.18 Å². The summed E-state index contributed by atoms with van der Waals surface area (Å²) >= 11 is 0. The summed E-state index contributed by atoms with van der Waals surface area (Å²) in [7, 11) is 0. The van der Waals surface area contributed by atoms with E-state index < -0.39 is 17.5 Å². The van der Waals surface area contributed by atoms with Gasteiger partial charge in [0.15, 0.2) is 5.78 Å². The molecular formula is C20H15F3O. The molecule has 0 saturated heterocycles. The highest BCUT2D eigenvalue weighted by molar-refractivity contribution is 6.00. The average Bonchev–Trinajstić information content (AvgIpc) is 2.52. The van der Waals surface area contributed by atoms with Gasteiger partial charge in [-0.25, -0.2) is 0 Å². The van der Waals surface area contributed by atoms with E-state index >= 15 is 0 Å². The van der Waals surface area contributed by atoms with Crippen LogP contribution in [0, 0.1) is 11.8 Å². The highest BCUT2D eigenvalue weighted by Gasteiger charge is 2.31. The second-order valence-electron chi connectivity index (χ2n) is 5.43. The molecule has 2 rings (SSSR count). The monoisotopic (exact) mass is 328 g/mol. The lowest BCUT2D eigenvalue weighted by atomic mass is 9.97. The number of Topliss-reactive ketones (excluding diaryl/α,β-unsaturated/α-hetero) is 1. The first kappa shape index (κ1) is 17.6. The summed E-state index contributed by atoms with van der Waals surface area (Å²) in [6.07, 6.45) is -4.52. The molecule has 0 aliphatic rings. The van der Waals surface area contributed by atoms with Crippen LogP contribution in [0.1, 0.15) is 40.4 Å². The van der Waals surface area contributed by atoms with Crippen molar-refractivity contribution in [1.29, 1.82) is 0 Å². The maximum atomic E-state index is 12.9. The van der Waals surface area contributed by atoms with E-state index in [9.17, 15) is 18.0 Å². The molecule has 0 aromatic heterocycles. The van der Waals surface area contributed by atoms with Crippen molar-refractivity contribution in [1.82, 2.24) is 0 Å². The Morgan fingerprint density at radius 3 is 2.33 bits per heavy atom. The summed E-state index contributed by atoms with van der Waals surface area (Å²) in [5, 5.41) is 0. The topological polar surface area (TPSA) is 17.1 Å². The molecule has 0 saturated carbocycles. The number of hydrogen-bond acceptors (Lipinski definition) is 1. The fourth-order valence-corrected chi connectivity index (χ4v) is 2.09. The lowest BCUT2D eigenvalue weighted by Gasteiger charge is -2.10. The minimum atomic E-state index is -4.51. The molecule has 0 fully saturated rings. The van der Waals surface area contributed by atoms with Crippen molar-refractivity contribution in [3.8, 4) is 11.8 Å². The number of alkyl halides is 3. The van der Waals surface area contributed by atoms with E-state index in [-0.39, 0.29) is 17.5 Å². The molecule has 0 heterocycles. The SMILES string of the molecule is C=C(C)CC(=O)c1cc(C(F)(F)F)ccc1C#Cc1ccccc1. The zero-order chi connectivity index (χ0) is 17.7. The highest BCUT2D eigenvalue weighted by atomic mass is 19.4. The summed E-state index contributed by atoms with van der Waals surface area (Å²) in [6.45, 7) is 5.29. The lowest BCUT2D eigenvalue weighted by Crippen LogP contribution is -2.09. The Bertz CT molecular complexity index is 821. The second-order valence-corrected chi connectivity index (χ2v) is 5.43. The third kappa shape index (κ3) is 4.60. The zero-order valence-electron chi connectivity index (χ0n) is 13.1. The van der Waals surface area contributed by atoms with E-state index in [0.717, 1.165) is 17.7 Å². The van der Waals surface area contributed by atoms with Crippen molar-refractivity contribution in [2.45, 2.75) is 19.5 Å². The number of allylic oxidation sites excluding steroid dienone is 1. The van der Waals surface area contributed by atoms with Gasteiger partial charge in [-0.2, -0.15) is 13.2 Å². The molecule has 2 aromatic rings. The van der Waals surface area contributed by atoms with Crippen molar-refractivity contribution >= 4 is 5.78 Å². The third-order valence-electron chi connectivity index (χ3n) is 3.22. The fraction of sp³-hybridized carbons (Fsp3) is 0.150. The van der Waals surface area contributed by atoms with E-state index in [0.29, 0.717) is 5.57 Å². The van der Waals surface area contributed by atoms with Gasteiger partial charge in [0, 0.05) is 23.1 Å². The minimum Gasteiger partial charge on any atom is -0.294 e. The van der Waals surface area contributed by atoms with Gasteiger partial charge in [0.25, 0.3) is 0 Å². The molecular weight excluding hydrogens is 313 g/mol. The van der Waals surface area contributed by atoms with Gasteiger partial charge in [0.2, 0.25) is 0 Å². The van der Waals surface area contributed by atoms with Gasteiger partial charge >= 0.3 is 6.18 Å². The number of ketones is 1. The van der Waals surface area contributed by atoms with Gasteiger partial charge in [0.05, 0.1) is 5.56 Å². The lowest BCUT2D eigenvalue weighted by molar-refractivity contribution is -0.137. The van der Waals surface area contributed by atoms with E-state index in [1.165, 1.54) is 6.07 Å². The standard InChI is InChI=1S/C20H15F3O/c1-14(2)12-19(24)18-13-17(20(21,22)23)11-10-16(18)9-8-15-6-4-3-5-7-15/h3-7,10-11,13H,1,12H2,2H3. The average molecular weight is 328 g/mol. The number of benzene rings is 2. The number of carbonyl (C=O) groups is 1. The van der Waals surface area contributed by atoms with Crippen LogP contribution in [0.5, 0.6) is 0 Å². The predicted octanol–water partition coefficient (Wildman–Crippen LogP) is 5.25. The highest BCUT2D eigenvalue weighted by Crippen LogP contribution is 2.31. The quantitative estimate of drug-likeness (QED) is 0.427. The van der Waals surface area contributed by atoms with Crippen LogP contribution in [0.4, 0.5) is 13.2 Å². The summed E-state index contributed by atoms with van der Waals surface area (Å²) in [4.78, 5) is 12.3. The van der Waals surface area contributed by atoms with Crippen LogP contribution in [0.3, 0.4) is 0 Å². The van der Waals surface area contributed by atoms with Crippen molar-refractivity contribution in [3.63, 3.8) is 0 Å². The first-order chi connectivity index (χ1) is 11.3. The number of rotatable bonds is 3. The van der Waals surface area contributed by atoms with E-state index in [4.69, 9.17) is 0 Å². The fourth-order valence-electron chi connectivity index (χ4n) is 2.09. The van der Waals surface area contributed by atoms with Gasteiger partial charge in [0.1, 0.15) is 0 Å². The first-order valence-corrected chi connectivity index (χ1v) is 7.23. The Morgan fingerprint density at radius 2 is 1.75 bits per heavy atom. The Labute approximate surface area is 138 Å². The van der Waals surface area contributed by atoms with E-state index in [1.54, 1.807) is 19.1 Å². The van der Waals surface area contributed by atoms with Gasteiger partial charge in [-0.15, -0.1) is 0 Å². The van der Waals surface area contributed by atoms with Crippen LogP contribution in [0.2, 0.25) is 0 Å². The van der Waals surface area contributed by atoms with Gasteiger partial charge in [-0.1, -0.05) is 42.2 Å². The third-order valence-corrected chi connectivity index (χ3v) is 3.22. The number of carbonyl (C=O) groups excluding carboxylic acids is 1. The molecule has 4 heteroatoms. The minimum absolute atomic E-state index is 0.0126. The summed E-state index contributed by atoms with van der Waals surface area (Å²) in [6, 6.07) is 12.1. The summed E-state index contributed by atoms with van der Waals surface area (Å²) < 4.78 is 38.7. The van der Waals surface area contributed by atoms with Gasteiger partial charge in [-0.05, 0) is 37.3 Å². The molecule has 0 atom stereocenters. The smallest absolute Gasteiger partial charge is 0.294 e. The number of hydrogen-bond donors (Lipinski definition) is 0. The molecule has 1 nitrogen and oxygen atoms in total. The molecule has 0 aliphatic heterocycles. The van der Waals surface area contributed by atoms with E-state index in [1.807, 2.05) is 18.2 Å². The van der Waals surface area contributed by atoms with Crippen molar-refractivity contribution in [2.75, 3.05) is 0 Å². The molecule has 0 unspecified atom stereocenters. The van der Waals surface area contributed by atoms with Gasteiger partial charge in [-0.3, -0.25) is 4.79 Å². The van der Waals surface area contributed by atoms with Crippen LogP contribution in [0.25, 0.3) is 0 Å². The van der Waals surface area contributed by atoms with Crippen molar-refractivity contribution < 1.29 is 18.0 Å². The van der Waals surface area contributed by atoms with Crippen LogP contribution in [0.15, 0.2) is 60.7 Å². The Hall–Kier alpha value is -2.80. The maximum Gasteiger partial charge on any atom is 0.416 e. The molecule has 0 radical (unpaired) electrons. The first-order valence-electron chi connectivity index (χ1n) is 7.23. The molecule has 2 aromatic carbocycles. The molecule has 0 amide bonds. The molecule has 0 bridgehead atoms. The largest absolute Gasteiger partial charge is 0.416 e. The van der Waals surface area contributed by atoms with Crippen LogP contribution >= 0.6 is 0 Å². The Morgan fingerprint density at radius 1 is 1.08 bits per heavy atom. The summed E-state index contributed by atoms with van der Waals surface area (Å²) in [5.74, 6) is 5.23. The Kier molecular flexibility index (Phi) is 5.25. The zero-order valence-corrected chi connectivity index (χ0v) is 13.1. The van der Waals surface area contributed by atoms with Crippen LogP contribution in [-0.4, -0.2) is 5.78 Å². The van der Waals surface area contributed by atoms with Crippen molar-refractivity contribution in [3.05, 3.63) is 82.9 Å². The van der Waals surface area contributed by atoms with Crippen molar-refractivity contribution in [2.24, 2.45) is 0 Å². The van der Waals surface area contributed by atoms with E-state index in [2.05, 4.69) is 18.4 Å². The summed E-state index contributed by atoms with van der Waals surface area (Å²) in [5.41, 5.74) is 0.683. The maximum absolute atomic E-state index is 12.9. The molecule has 0 N–H and O–H groups in total. The molecule has 0 aliphatic carbocycles. The normalized spacial score (nSPS) is 10.7. The van der Waals surface area contributed by atoms with Gasteiger partial charge < -0.3 is 0 Å². The number of halogens is 3. The predicted molar refractivity (Wildman–Crippen MR) is 87.6 cm³/mol. The second kappa shape index (κ2) is 7.18. The van der Waals surface area contributed by atoms with Crippen LogP contribution < -0.4 is 0 Å². The molecule has 0 spiro atoms.